The summed E-state index contributed by atoms with van der Waals surface area (Å²) in [5, 5.41) is 9.52. The minimum Gasteiger partial charge on any atom is -0.496 e. The molecule has 1 aromatic carbocycles. The first-order valence-corrected chi connectivity index (χ1v) is 4.46. The summed E-state index contributed by atoms with van der Waals surface area (Å²) in [6.45, 7) is 0.453. The Morgan fingerprint density at radius 1 is 1.43 bits per heavy atom. The smallest absolute Gasteiger partial charge is 0.491 e. The average molecular weight is 190 g/mol. The summed E-state index contributed by atoms with van der Waals surface area (Å²) in [6, 6.07) is 7.57. The highest BCUT2D eigenvalue weighted by Gasteiger charge is 2.27. The van der Waals surface area contributed by atoms with E-state index in [1.165, 1.54) is 0 Å². The van der Waals surface area contributed by atoms with Crippen molar-refractivity contribution in [3.63, 3.8) is 0 Å². The van der Waals surface area contributed by atoms with Crippen LogP contribution in [0.15, 0.2) is 30.3 Å². The van der Waals surface area contributed by atoms with Crippen molar-refractivity contribution in [2.75, 3.05) is 13.7 Å². The predicted octanol–water partition coefficient (Wildman–Crippen LogP) is 1.13. The van der Waals surface area contributed by atoms with Gasteiger partial charge in [-0.3, -0.25) is 0 Å². The van der Waals surface area contributed by atoms with Gasteiger partial charge >= 0.3 is 7.12 Å². The highest BCUT2D eigenvalue weighted by molar-refractivity contribution is 6.68. The monoisotopic (exact) mass is 190 g/mol. The second-order valence-electron chi connectivity index (χ2n) is 3.05. The molecule has 0 spiro atoms. The van der Waals surface area contributed by atoms with Crippen LogP contribution >= 0.6 is 0 Å². The molecule has 3 nitrogen and oxygen atoms in total. The Kier molecular flexibility index (Phi) is 2.57. The molecular weight excluding hydrogens is 179 g/mol. The van der Waals surface area contributed by atoms with E-state index >= 15 is 0 Å². The summed E-state index contributed by atoms with van der Waals surface area (Å²) in [4.78, 5) is 0. The van der Waals surface area contributed by atoms with Gasteiger partial charge in [-0.05, 0) is 11.5 Å². The lowest BCUT2D eigenvalue weighted by molar-refractivity contribution is 0.316. The molecule has 1 aliphatic rings. The minimum absolute atomic E-state index is 0.453. The topological polar surface area (TPSA) is 38.7 Å². The second kappa shape index (κ2) is 3.86. The number of ether oxygens (including phenoxy) is 1. The highest BCUT2D eigenvalue weighted by atomic mass is 16.5. The third kappa shape index (κ3) is 1.54. The number of hydrogen-bond donors (Lipinski definition) is 1. The molecule has 2 rings (SSSR count). The Balaban J connectivity index is 2.40. The molecule has 72 valence electrons. The summed E-state index contributed by atoms with van der Waals surface area (Å²) in [5.74, 6) is 0.753. The Hall–Kier alpha value is -1.26. The lowest BCUT2D eigenvalue weighted by Gasteiger charge is -2.09. The van der Waals surface area contributed by atoms with Crippen molar-refractivity contribution in [2.24, 2.45) is 0 Å². The number of benzene rings is 1. The largest absolute Gasteiger partial charge is 0.496 e. The van der Waals surface area contributed by atoms with Gasteiger partial charge < -0.3 is 14.4 Å². The van der Waals surface area contributed by atoms with Crippen LogP contribution in [-0.4, -0.2) is 25.9 Å². The average Bonchev–Trinajstić information content (AvgIpc) is 2.64. The van der Waals surface area contributed by atoms with Crippen molar-refractivity contribution in [1.29, 1.82) is 0 Å². The molecule has 1 N–H and O–H groups in total. The van der Waals surface area contributed by atoms with Gasteiger partial charge in [-0.15, -0.1) is 0 Å². The fourth-order valence-electron chi connectivity index (χ4n) is 1.55. The van der Waals surface area contributed by atoms with Gasteiger partial charge in [0, 0.05) is 5.56 Å². The van der Waals surface area contributed by atoms with Gasteiger partial charge in [-0.1, -0.05) is 24.3 Å². The fourth-order valence-corrected chi connectivity index (χ4v) is 1.55. The molecule has 0 saturated heterocycles. The number of rotatable bonds is 2. The minimum atomic E-state index is -0.828. The van der Waals surface area contributed by atoms with Gasteiger partial charge in [0.15, 0.2) is 0 Å². The van der Waals surface area contributed by atoms with Gasteiger partial charge in [0.2, 0.25) is 0 Å². The normalized spacial score (nSPS) is 15.6. The molecule has 1 aromatic rings. The summed E-state index contributed by atoms with van der Waals surface area (Å²) >= 11 is 0. The van der Waals surface area contributed by atoms with Gasteiger partial charge in [-0.25, -0.2) is 0 Å². The molecule has 1 aliphatic heterocycles. The van der Waals surface area contributed by atoms with Gasteiger partial charge in [0.1, 0.15) is 5.75 Å². The van der Waals surface area contributed by atoms with Crippen LogP contribution in [0.2, 0.25) is 0 Å². The SMILES string of the molecule is COc1ccccc1C1=CCOB1O. The van der Waals surface area contributed by atoms with Crippen LogP contribution in [0, 0.1) is 0 Å². The van der Waals surface area contributed by atoms with E-state index in [0.717, 1.165) is 16.8 Å². The summed E-state index contributed by atoms with van der Waals surface area (Å²) in [5.41, 5.74) is 1.67. The first-order valence-electron chi connectivity index (χ1n) is 4.46. The first kappa shape index (κ1) is 9.31. The number of methoxy groups -OCH3 is 1. The van der Waals surface area contributed by atoms with Crippen LogP contribution in [0.25, 0.3) is 5.47 Å². The number of hydrogen-bond acceptors (Lipinski definition) is 3. The Morgan fingerprint density at radius 2 is 2.21 bits per heavy atom. The Morgan fingerprint density at radius 3 is 2.86 bits per heavy atom. The number of para-hydroxylation sites is 1. The molecule has 0 unspecified atom stereocenters. The van der Waals surface area contributed by atoms with Crippen molar-refractivity contribution in [1.82, 2.24) is 0 Å². The van der Waals surface area contributed by atoms with Crippen LogP contribution in [-0.2, 0) is 4.65 Å². The molecule has 0 aromatic heterocycles. The van der Waals surface area contributed by atoms with Gasteiger partial charge in [-0.2, -0.15) is 0 Å². The summed E-state index contributed by atoms with van der Waals surface area (Å²) in [6.07, 6.45) is 1.86. The Labute approximate surface area is 83.1 Å². The molecule has 0 bridgehead atoms. The maximum Gasteiger partial charge on any atom is 0.491 e. The fraction of sp³-hybridized carbons (Fsp3) is 0.200. The van der Waals surface area contributed by atoms with Crippen molar-refractivity contribution in [3.8, 4) is 5.75 Å². The molecule has 0 atom stereocenters. The third-order valence-corrected chi connectivity index (χ3v) is 2.24. The molecule has 0 aliphatic carbocycles. The zero-order valence-corrected chi connectivity index (χ0v) is 7.93. The van der Waals surface area contributed by atoms with Crippen LogP contribution in [0.1, 0.15) is 5.56 Å². The van der Waals surface area contributed by atoms with Crippen LogP contribution < -0.4 is 4.74 Å². The van der Waals surface area contributed by atoms with Crippen molar-refractivity contribution in [3.05, 3.63) is 35.9 Å². The zero-order chi connectivity index (χ0) is 9.97. The van der Waals surface area contributed by atoms with E-state index in [4.69, 9.17) is 9.39 Å². The molecule has 14 heavy (non-hydrogen) atoms. The lowest BCUT2D eigenvalue weighted by atomic mass is 9.76. The van der Waals surface area contributed by atoms with Gasteiger partial charge in [0.25, 0.3) is 0 Å². The molecule has 4 heteroatoms. The van der Waals surface area contributed by atoms with Crippen LogP contribution in [0.3, 0.4) is 0 Å². The molecule has 0 radical (unpaired) electrons. The Bertz CT molecular complexity index is 362. The molecule has 1 heterocycles. The maximum atomic E-state index is 9.52. The first-order chi connectivity index (χ1) is 6.83. The molecule has 0 saturated carbocycles. The van der Waals surface area contributed by atoms with E-state index in [9.17, 15) is 5.02 Å². The van der Waals surface area contributed by atoms with E-state index in [1.807, 2.05) is 30.3 Å². The van der Waals surface area contributed by atoms with E-state index in [2.05, 4.69) is 0 Å². The standard InChI is InChI=1S/C10H11BO3/c1-13-10-5-3-2-4-8(10)9-6-7-14-11(9)12/h2-6,12H,7H2,1H3. The quantitative estimate of drug-likeness (QED) is 0.710. The van der Waals surface area contributed by atoms with E-state index in [0.29, 0.717) is 6.61 Å². The third-order valence-electron chi connectivity index (χ3n) is 2.24. The second-order valence-corrected chi connectivity index (χ2v) is 3.05. The summed E-state index contributed by atoms with van der Waals surface area (Å²) in [7, 11) is 0.785. The highest BCUT2D eigenvalue weighted by Crippen LogP contribution is 2.29. The van der Waals surface area contributed by atoms with E-state index in [-0.39, 0.29) is 0 Å². The van der Waals surface area contributed by atoms with Crippen molar-refractivity contribution in [2.45, 2.75) is 0 Å². The predicted molar refractivity (Wildman–Crippen MR) is 54.9 cm³/mol. The van der Waals surface area contributed by atoms with Crippen molar-refractivity contribution < 1.29 is 14.4 Å². The maximum absolute atomic E-state index is 9.52. The van der Waals surface area contributed by atoms with E-state index in [1.54, 1.807) is 7.11 Å². The van der Waals surface area contributed by atoms with Crippen molar-refractivity contribution >= 4 is 12.6 Å². The molecule has 0 fully saturated rings. The van der Waals surface area contributed by atoms with Crippen LogP contribution in [0.4, 0.5) is 0 Å². The zero-order valence-electron chi connectivity index (χ0n) is 7.93. The van der Waals surface area contributed by atoms with E-state index < -0.39 is 7.12 Å². The molecular formula is C10H11BO3. The molecule has 0 amide bonds. The van der Waals surface area contributed by atoms with Crippen LogP contribution in [0.5, 0.6) is 5.75 Å². The lowest BCUT2D eigenvalue weighted by Crippen LogP contribution is -2.14. The van der Waals surface area contributed by atoms with Gasteiger partial charge in [0.05, 0.1) is 13.7 Å². The summed E-state index contributed by atoms with van der Waals surface area (Å²) < 4.78 is 10.2.